The third kappa shape index (κ3) is 3.69. The fourth-order valence-corrected chi connectivity index (χ4v) is 2.18. The molecule has 0 saturated carbocycles. The van der Waals surface area contributed by atoms with Gasteiger partial charge in [-0.1, -0.05) is 23.2 Å². The van der Waals surface area contributed by atoms with Gasteiger partial charge in [0, 0.05) is 20.7 Å². The normalized spacial score (nSPS) is 10.3. The molecular formula is C13H7BrCl2FNO. The van der Waals surface area contributed by atoms with Crippen LogP contribution in [-0.2, 0) is 0 Å². The van der Waals surface area contributed by atoms with Crippen LogP contribution in [0.3, 0.4) is 0 Å². The number of benzene rings is 2. The van der Waals surface area contributed by atoms with E-state index in [4.69, 9.17) is 23.2 Å². The number of rotatable bonds is 2. The van der Waals surface area contributed by atoms with Gasteiger partial charge < -0.3 is 5.32 Å². The summed E-state index contributed by atoms with van der Waals surface area (Å²) in [4.78, 5) is 12.0. The number of amides is 1. The Morgan fingerprint density at radius 2 is 1.89 bits per heavy atom. The van der Waals surface area contributed by atoms with E-state index in [1.54, 1.807) is 18.2 Å². The van der Waals surface area contributed by atoms with Crippen LogP contribution in [0.5, 0.6) is 0 Å². The van der Waals surface area contributed by atoms with E-state index in [2.05, 4.69) is 21.2 Å². The van der Waals surface area contributed by atoms with Gasteiger partial charge >= 0.3 is 0 Å². The molecule has 2 rings (SSSR count). The highest BCUT2D eigenvalue weighted by atomic mass is 79.9. The molecule has 0 fully saturated rings. The van der Waals surface area contributed by atoms with Crippen molar-refractivity contribution in [3.63, 3.8) is 0 Å². The summed E-state index contributed by atoms with van der Waals surface area (Å²) in [5.41, 5.74) is 0.692. The molecule has 1 N–H and O–H groups in total. The van der Waals surface area contributed by atoms with Crippen molar-refractivity contribution >= 4 is 50.7 Å². The number of anilines is 1. The molecule has 1 amide bonds. The van der Waals surface area contributed by atoms with E-state index in [1.165, 1.54) is 12.1 Å². The number of hydrogen-bond donors (Lipinski definition) is 1. The summed E-state index contributed by atoms with van der Waals surface area (Å²) in [7, 11) is 0. The van der Waals surface area contributed by atoms with Gasteiger partial charge in [-0.3, -0.25) is 4.79 Å². The molecule has 6 heteroatoms. The Morgan fingerprint density at radius 3 is 2.53 bits per heavy atom. The minimum absolute atomic E-state index is 0.215. The van der Waals surface area contributed by atoms with Crippen LogP contribution in [0.2, 0.25) is 10.0 Å². The van der Waals surface area contributed by atoms with Crippen LogP contribution in [0.1, 0.15) is 10.4 Å². The Kier molecular flexibility index (Phi) is 4.45. The molecule has 2 aromatic carbocycles. The predicted molar refractivity (Wildman–Crippen MR) is 78.5 cm³/mol. The van der Waals surface area contributed by atoms with E-state index < -0.39 is 5.82 Å². The van der Waals surface area contributed by atoms with E-state index in [1.807, 2.05) is 0 Å². The topological polar surface area (TPSA) is 29.1 Å². The highest BCUT2D eigenvalue weighted by Crippen LogP contribution is 2.24. The first-order chi connectivity index (χ1) is 8.95. The molecule has 0 unspecified atom stereocenters. The molecule has 0 heterocycles. The van der Waals surface area contributed by atoms with Crippen molar-refractivity contribution in [2.75, 3.05) is 5.32 Å². The van der Waals surface area contributed by atoms with Gasteiger partial charge in [0.2, 0.25) is 0 Å². The number of carbonyl (C=O) groups excluding carboxylic acids is 1. The molecule has 2 aromatic rings. The average molecular weight is 363 g/mol. The van der Waals surface area contributed by atoms with Crippen LogP contribution in [-0.4, -0.2) is 5.91 Å². The lowest BCUT2D eigenvalue weighted by Crippen LogP contribution is -2.12. The maximum Gasteiger partial charge on any atom is 0.255 e. The van der Waals surface area contributed by atoms with E-state index in [9.17, 15) is 9.18 Å². The van der Waals surface area contributed by atoms with E-state index in [-0.39, 0.29) is 10.9 Å². The number of carbonyl (C=O) groups is 1. The van der Waals surface area contributed by atoms with Crippen LogP contribution in [0, 0.1) is 5.82 Å². The Labute approximate surface area is 127 Å². The van der Waals surface area contributed by atoms with Crippen molar-refractivity contribution < 1.29 is 9.18 Å². The zero-order chi connectivity index (χ0) is 14.0. The van der Waals surface area contributed by atoms with Gasteiger partial charge in [-0.15, -0.1) is 0 Å². The Balaban J connectivity index is 2.22. The highest BCUT2D eigenvalue weighted by molar-refractivity contribution is 9.10. The molecule has 0 radical (unpaired) electrons. The summed E-state index contributed by atoms with van der Waals surface area (Å²) in [6.07, 6.45) is 0. The van der Waals surface area contributed by atoms with Gasteiger partial charge in [-0.2, -0.15) is 0 Å². The molecule has 98 valence electrons. The molecule has 0 atom stereocenters. The predicted octanol–water partition coefficient (Wildman–Crippen LogP) is 5.15. The highest BCUT2D eigenvalue weighted by Gasteiger charge is 2.09. The summed E-state index contributed by atoms with van der Waals surface area (Å²) in [5.74, 6) is -0.890. The SMILES string of the molecule is O=C(Nc1cc(F)cc(Cl)c1)c1ccc(Cl)c(Br)c1. The van der Waals surface area contributed by atoms with Crippen molar-refractivity contribution in [3.8, 4) is 0 Å². The fourth-order valence-electron chi connectivity index (χ4n) is 1.47. The number of nitrogens with one attached hydrogen (secondary N) is 1. The minimum atomic E-state index is -0.514. The third-order valence-corrected chi connectivity index (χ3v) is 3.73. The first kappa shape index (κ1) is 14.3. The largest absolute Gasteiger partial charge is 0.322 e. The van der Waals surface area contributed by atoms with Gasteiger partial charge in [0.1, 0.15) is 5.82 Å². The van der Waals surface area contributed by atoms with E-state index >= 15 is 0 Å². The smallest absolute Gasteiger partial charge is 0.255 e. The average Bonchev–Trinajstić information content (AvgIpc) is 2.31. The van der Waals surface area contributed by atoms with Crippen LogP contribution in [0.15, 0.2) is 40.9 Å². The zero-order valence-corrected chi connectivity index (χ0v) is 12.5. The monoisotopic (exact) mass is 361 g/mol. The maximum atomic E-state index is 13.1. The lowest BCUT2D eigenvalue weighted by molar-refractivity contribution is 0.102. The van der Waals surface area contributed by atoms with E-state index in [0.717, 1.165) is 6.07 Å². The third-order valence-electron chi connectivity index (χ3n) is 2.30. The second-order valence-electron chi connectivity index (χ2n) is 3.74. The molecule has 0 aliphatic carbocycles. The molecule has 2 nitrogen and oxygen atoms in total. The van der Waals surface area contributed by atoms with Crippen LogP contribution in [0.25, 0.3) is 0 Å². The Morgan fingerprint density at radius 1 is 1.16 bits per heavy atom. The lowest BCUT2D eigenvalue weighted by Gasteiger charge is -2.07. The lowest BCUT2D eigenvalue weighted by atomic mass is 10.2. The van der Waals surface area contributed by atoms with Gasteiger partial charge in [-0.25, -0.2) is 4.39 Å². The quantitative estimate of drug-likeness (QED) is 0.786. The molecule has 0 spiro atoms. The maximum absolute atomic E-state index is 13.1. The van der Waals surface area contributed by atoms with Crippen LogP contribution < -0.4 is 5.32 Å². The van der Waals surface area contributed by atoms with Crippen molar-refractivity contribution in [1.29, 1.82) is 0 Å². The molecular weight excluding hydrogens is 356 g/mol. The van der Waals surface area contributed by atoms with Gasteiger partial charge in [-0.05, 0) is 52.3 Å². The number of halogens is 4. The molecule has 0 bridgehead atoms. The molecule has 0 saturated heterocycles. The van der Waals surface area contributed by atoms with Gasteiger partial charge in [0.25, 0.3) is 5.91 Å². The van der Waals surface area contributed by atoms with Crippen LogP contribution >= 0.6 is 39.1 Å². The first-order valence-electron chi connectivity index (χ1n) is 5.18. The fraction of sp³-hybridized carbons (Fsp3) is 0. The van der Waals surface area contributed by atoms with Gasteiger partial charge in [0.05, 0.1) is 5.02 Å². The minimum Gasteiger partial charge on any atom is -0.322 e. The number of hydrogen-bond acceptors (Lipinski definition) is 1. The summed E-state index contributed by atoms with van der Waals surface area (Å²) in [6.45, 7) is 0. The van der Waals surface area contributed by atoms with Crippen LogP contribution in [0.4, 0.5) is 10.1 Å². The van der Waals surface area contributed by atoms with Crippen molar-refractivity contribution in [2.45, 2.75) is 0 Å². The molecule has 0 aromatic heterocycles. The summed E-state index contributed by atoms with van der Waals surface area (Å²) in [5, 5.41) is 3.28. The zero-order valence-electron chi connectivity index (χ0n) is 9.38. The first-order valence-corrected chi connectivity index (χ1v) is 6.73. The molecule has 0 aliphatic rings. The molecule has 0 aliphatic heterocycles. The summed E-state index contributed by atoms with van der Waals surface area (Å²) in [6, 6.07) is 8.57. The summed E-state index contributed by atoms with van der Waals surface area (Å²) < 4.78 is 13.7. The molecule has 19 heavy (non-hydrogen) atoms. The Bertz CT molecular complexity index is 628. The van der Waals surface area contributed by atoms with E-state index in [0.29, 0.717) is 20.7 Å². The second-order valence-corrected chi connectivity index (χ2v) is 5.44. The van der Waals surface area contributed by atoms with Crippen molar-refractivity contribution in [1.82, 2.24) is 0 Å². The second kappa shape index (κ2) is 5.90. The van der Waals surface area contributed by atoms with Gasteiger partial charge in [0.15, 0.2) is 0 Å². The van der Waals surface area contributed by atoms with Crippen molar-refractivity contribution in [2.24, 2.45) is 0 Å². The Hall–Kier alpha value is -1.10. The summed E-state index contributed by atoms with van der Waals surface area (Å²) >= 11 is 14.8. The van der Waals surface area contributed by atoms with Crippen molar-refractivity contribution in [3.05, 3.63) is 62.3 Å². The standard InChI is InChI=1S/C13H7BrCl2FNO/c14-11-3-7(1-2-12(11)16)13(19)18-10-5-8(15)4-9(17)6-10/h1-6H,(H,18,19).